The lowest BCUT2D eigenvalue weighted by Crippen LogP contribution is -2.24. The van der Waals surface area contributed by atoms with Gasteiger partial charge in [0.25, 0.3) is 5.91 Å². The molecule has 3 heterocycles. The molecule has 8 heteroatoms. The Labute approximate surface area is 178 Å². The van der Waals surface area contributed by atoms with Crippen molar-refractivity contribution in [3.8, 4) is 28.6 Å². The molecule has 2 aromatic heterocycles. The van der Waals surface area contributed by atoms with Crippen molar-refractivity contribution in [2.45, 2.75) is 13.5 Å². The number of carbonyl (C=O) groups is 1. The van der Waals surface area contributed by atoms with Crippen molar-refractivity contribution in [2.24, 2.45) is 0 Å². The zero-order chi connectivity index (χ0) is 21.2. The predicted octanol–water partition coefficient (Wildman–Crippen LogP) is 3.45. The molecule has 1 N–H and O–H groups in total. The lowest BCUT2D eigenvalue weighted by atomic mass is 10.1. The number of benzene rings is 2. The van der Waals surface area contributed by atoms with Crippen molar-refractivity contribution in [3.63, 3.8) is 0 Å². The van der Waals surface area contributed by atoms with Crippen molar-refractivity contribution < 1.29 is 19.0 Å². The van der Waals surface area contributed by atoms with E-state index in [-0.39, 0.29) is 19.2 Å². The second kappa shape index (κ2) is 7.98. The fourth-order valence-electron chi connectivity index (χ4n) is 3.48. The SMILES string of the molecule is CCOc1ccc2nc(-c3ccc4c(c3)OCO4)c(CNC(=O)c3ccccc3)n2n1. The number of ether oxygens (including phenoxy) is 3. The van der Waals surface area contributed by atoms with Gasteiger partial charge in [0, 0.05) is 17.2 Å². The van der Waals surface area contributed by atoms with E-state index >= 15 is 0 Å². The summed E-state index contributed by atoms with van der Waals surface area (Å²) in [5, 5.41) is 7.53. The van der Waals surface area contributed by atoms with E-state index in [9.17, 15) is 4.79 Å². The lowest BCUT2D eigenvalue weighted by Gasteiger charge is -2.09. The summed E-state index contributed by atoms with van der Waals surface area (Å²) in [5.41, 5.74) is 3.52. The first kappa shape index (κ1) is 18.9. The molecule has 0 atom stereocenters. The summed E-state index contributed by atoms with van der Waals surface area (Å²) in [4.78, 5) is 17.4. The van der Waals surface area contributed by atoms with Gasteiger partial charge in [-0.15, -0.1) is 5.10 Å². The Morgan fingerprint density at radius 3 is 2.77 bits per heavy atom. The molecule has 8 nitrogen and oxygen atoms in total. The van der Waals surface area contributed by atoms with Crippen LogP contribution in [0.25, 0.3) is 16.9 Å². The molecule has 1 amide bonds. The van der Waals surface area contributed by atoms with Gasteiger partial charge < -0.3 is 19.5 Å². The molecule has 156 valence electrons. The van der Waals surface area contributed by atoms with E-state index in [0.717, 1.165) is 11.3 Å². The minimum absolute atomic E-state index is 0.173. The fraction of sp³-hybridized carbons (Fsp3) is 0.174. The molecule has 0 fully saturated rings. The number of aromatic nitrogens is 3. The topological polar surface area (TPSA) is 87.0 Å². The highest BCUT2D eigenvalue weighted by Gasteiger charge is 2.20. The Balaban J connectivity index is 1.55. The van der Waals surface area contributed by atoms with Crippen LogP contribution < -0.4 is 19.5 Å². The van der Waals surface area contributed by atoms with E-state index in [0.29, 0.717) is 40.9 Å². The number of imidazole rings is 1. The van der Waals surface area contributed by atoms with Gasteiger partial charge in [-0.1, -0.05) is 18.2 Å². The number of fused-ring (bicyclic) bond motifs is 2. The van der Waals surface area contributed by atoms with Gasteiger partial charge in [-0.25, -0.2) is 9.50 Å². The molecule has 0 aliphatic carbocycles. The third-order valence-electron chi connectivity index (χ3n) is 4.94. The summed E-state index contributed by atoms with van der Waals surface area (Å²) in [5.74, 6) is 1.67. The standard InChI is InChI=1S/C23H20N4O4/c1-2-29-21-11-10-20-25-22(16-8-9-18-19(12-16)31-14-30-18)17(27(20)26-21)13-24-23(28)15-6-4-3-5-7-15/h3-12H,2,13-14H2,1H3,(H,24,28). The molecular formula is C23H20N4O4. The quantitative estimate of drug-likeness (QED) is 0.518. The molecule has 4 aromatic rings. The summed E-state index contributed by atoms with van der Waals surface area (Å²) >= 11 is 0. The highest BCUT2D eigenvalue weighted by atomic mass is 16.7. The first-order valence-corrected chi connectivity index (χ1v) is 9.97. The second-order valence-electron chi connectivity index (χ2n) is 6.90. The molecular weight excluding hydrogens is 396 g/mol. The van der Waals surface area contributed by atoms with Gasteiger partial charge in [0.05, 0.1) is 24.5 Å². The maximum Gasteiger partial charge on any atom is 0.251 e. The zero-order valence-corrected chi connectivity index (χ0v) is 16.9. The van der Waals surface area contributed by atoms with Crippen LogP contribution in [0, 0.1) is 0 Å². The van der Waals surface area contributed by atoms with Gasteiger partial charge in [-0.05, 0) is 43.3 Å². The summed E-state index contributed by atoms with van der Waals surface area (Å²) < 4.78 is 18.2. The minimum Gasteiger partial charge on any atom is -0.477 e. The van der Waals surface area contributed by atoms with E-state index in [2.05, 4.69) is 10.4 Å². The average molecular weight is 416 g/mol. The summed E-state index contributed by atoms with van der Waals surface area (Å²) in [6.07, 6.45) is 0. The van der Waals surface area contributed by atoms with Crippen LogP contribution in [0.2, 0.25) is 0 Å². The molecule has 1 aliphatic heterocycles. The summed E-state index contributed by atoms with van der Waals surface area (Å²) in [6.45, 7) is 2.84. The largest absolute Gasteiger partial charge is 0.477 e. The third kappa shape index (κ3) is 3.63. The molecule has 31 heavy (non-hydrogen) atoms. The number of amides is 1. The van der Waals surface area contributed by atoms with E-state index in [1.807, 2.05) is 49.4 Å². The fourth-order valence-corrected chi connectivity index (χ4v) is 3.48. The van der Waals surface area contributed by atoms with E-state index in [1.54, 1.807) is 22.7 Å². The maximum atomic E-state index is 12.6. The first-order valence-electron chi connectivity index (χ1n) is 9.97. The van der Waals surface area contributed by atoms with Gasteiger partial charge in [0.2, 0.25) is 12.7 Å². The average Bonchev–Trinajstić information content (AvgIpc) is 3.42. The number of nitrogens with one attached hydrogen (secondary N) is 1. The lowest BCUT2D eigenvalue weighted by molar-refractivity contribution is 0.0950. The van der Waals surface area contributed by atoms with Crippen molar-refractivity contribution in [1.29, 1.82) is 0 Å². The van der Waals surface area contributed by atoms with Crippen LogP contribution >= 0.6 is 0 Å². The van der Waals surface area contributed by atoms with Gasteiger partial charge >= 0.3 is 0 Å². The Kier molecular flexibility index (Phi) is 4.87. The molecule has 0 radical (unpaired) electrons. The number of hydrogen-bond acceptors (Lipinski definition) is 6. The predicted molar refractivity (Wildman–Crippen MR) is 113 cm³/mol. The Hall–Kier alpha value is -4.07. The van der Waals surface area contributed by atoms with Crippen LogP contribution in [0.5, 0.6) is 17.4 Å². The number of nitrogens with zero attached hydrogens (tertiary/aromatic N) is 3. The third-order valence-corrected chi connectivity index (χ3v) is 4.94. The van der Waals surface area contributed by atoms with E-state index in [4.69, 9.17) is 19.2 Å². The van der Waals surface area contributed by atoms with Crippen LogP contribution in [0.3, 0.4) is 0 Å². The zero-order valence-electron chi connectivity index (χ0n) is 16.9. The molecule has 2 aromatic carbocycles. The monoisotopic (exact) mass is 416 g/mol. The number of hydrogen-bond donors (Lipinski definition) is 1. The van der Waals surface area contributed by atoms with Crippen LogP contribution in [-0.4, -0.2) is 33.9 Å². The normalized spacial score (nSPS) is 12.2. The maximum absolute atomic E-state index is 12.6. The molecule has 0 saturated carbocycles. The highest BCUT2D eigenvalue weighted by molar-refractivity contribution is 5.94. The molecule has 0 spiro atoms. The second-order valence-corrected chi connectivity index (χ2v) is 6.90. The van der Waals surface area contributed by atoms with Crippen LogP contribution in [0.15, 0.2) is 60.7 Å². The van der Waals surface area contributed by atoms with Crippen molar-refractivity contribution in [3.05, 3.63) is 71.9 Å². The Morgan fingerprint density at radius 1 is 1.10 bits per heavy atom. The minimum atomic E-state index is -0.173. The van der Waals surface area contributed by atoms with Gasteiger partial charge in [0.1, 0.15) is 0 Å². The van der Waals surface area contributed by atoms with Gasteiger partial charge in [-0.3, -0.25) is 4.79 Å². The van der Waals surface area contributed by atoms with Crippen LogP contribution in [0.4, 0.5) is 0 Å². The molecule has 5 rings (SSSR count). The van der Waals surface area contributed by atoms with Crippen LogP contribution in [0.1, 0.15) is 23.0 Å². The molecule has 1 aliphatic rings. The van der Waals surface area contributed by atoms with E-state index in [1.165, 1.54) is 0 Å². The summed E-state index contributed by atoms with van der Waals surface area (Å²) in [6, 6.07) is 18.4. The number of rotatable bonds is 6. The summed E-state index contributed by atoms with van der Waals surface area (Å²) in [7, 11) is 0. The first-order chi connectivity index (χ1) is 15.2. The number of carbonyl (C=O) groups excluding carboxylic acids is 1. The Morgan fingerprint density at radius 2 is 1.94 bits per heavy atom. The van der Waals surface area contributed by atoms with Crippen molar-refractivity contribution in [1.82, 2.24) is 19.9 Å². The molecule has 0 unspecified atom stereocenters. The van der Waals surface area contributed by atoms with Crippen molar-refractivity contribution in [2.75, 3.05) is 13.4 Å². The smallest absolute Gasteiger partial charge is 0.251 e. The van der Waals surface area contributed by atoms with E-state index < -0.39 is 0 Å². The Bertz CT molecular complexity index is 1250. The van der Waals surface area contributed by atoms with Gasteiger partial charge in [-0.2, -0.15) is 0 Å². The highest BCUT2D eigenvalue weighted by Crippen LogP contribution is 2.36. The van der Waals surface area contributed by atoms with Gasteiger partial charge in [0.15, 0.2) is 17.1 Å². The molecule has 0 saturated heterocycles. The van der Waals surface area contributed by atoms with Crippen molar-refractivity contribution >= 4 is 11.6 Å². The van der Waals surface area contributed by atoms with Crippen LogP contribution in [-0.2, 0) is 6.54 Å². The molecule has 0 bridgehead atoms.